The number of nitrogens with one attached hydrogen (secondary N) is 1. The van der Waals surface area contributed by atoms with Crippen LogP contribution in [0.2, 0.25) is 0 Å². The molecule has 0 bridgehead atoms. The number of fused-ring (bicyclic) bond motifs is 1. The minimum atomic E-state index is -2.68. The molecule has 0 spiro atoms. The number of carbonyl (C=O) groups excluding carboxylic acids is 2. The second kappa shape index (κ2) is 12.4. The summed E-state index contributed by atoms with van der Waals surface area (Å²) in [7, 11) is 0. The lowest BCUT2D eigenvalue weighted by Gasteiger charge is -2.38. The lowest BCUT2D eigenvalue weighted by atomic mass is 10.0. The lowest BCUT2D eigenvalue weighted by molar-refractivity contribution is -0.129. The third-order valence-electron chi connectivity index (χ3n) is 8.87. The van der Waals surface area contributed by atoms with Crippen LogP contribution in [0.25, 0.3) is 10.9 Å². The molecule has 43 heavy (non-hydrogen) atoms. The number of halogens is 2. The Morgan fingerprint density at radius 3 is 2.28 bits per heavy atom. The van der Waals surface area contributed by atoms with Gasteiger partial charge in [0.25, 0.3) is 11.8 Å². The Morgan fingerprint density at radius 2 is 1.60 bits per heavy atom. The highest BCUT2D eigenvalue weighted by atomic mass is 19.3. The number of aromatic nitrogens is 3. The van der Waals surface area contributed by atoms with E-state index in [1.807, 2.05) is 34.1 Å². The highest BCUT2D eigenvalue weighted by Crippen LogP contribution is 2.32. The van der Waals surface area contributed by atoms with Gasteiger partial charge < -0.3 is 20.0 Å². The van der Waals surface area contributed by atoms with Crippen LogP contribution >= 0.6 is 0 Å². The molecule has 3 saturated heterocycles. The summed E-state index contributed by atoms with van der Waals surface area (Å²) in [4.78, 5) is 47.3. The highest BCUT2D eigenvalue weighted by molar-refractivity contribution is 6.06. The molecule has 3 fully saturated rings. The SMILES string of the molecule is CC(=O)N1CCN(c2ncc(C(CNC(=O)c3cccc4nc(N5CCCC5)ccc34)N3CCC(F)(F)CC3)cn2)CC1. The van der Waals surface area contributed by atoms with Gasteiger partial charge in [-0.1, -0.05) is 6.07 Å². The second-order valence-electron chi connectivity index (χ2n) is 11.7. The molecule has 1 N–H and O–H groups in total. The summed E-state index contributed by atoms with van der Waals surface area (Å²) < 4.78 is 28.1. The first-order valence-electron chi connectivity index (χ1n) is 15.1. The van der Waals surface area contributed by atoms with E-state index in [0.29, 0.717) is 37.7 Å². The fourth-order valence-electron chi connectivity index (χ4n) is 6.26. The van der Waals surface area contributed by atoms with Crippen LogP contribution in [0.5, 0.6) is 0 Å². The number of piperidine rings is 1. The van der Waals surface area contributed by atoms with Gasteiger partial charge in [-0.2, -0.15) is 0 Å². The van der Waals surface area contributed by atoms with Gasteiger partial charge in [0.15, 0.2) is 0 Å². The Bertz CT molecular complexity index is 1450. The van der Waals surface area contributed by atoms with Gasteiger partial charge in [0.05, 0.1) is 11.6 Å². The van der Waals surface area contributed by atoms with Crippen LogP contribution in [0.3, 0.4) is 0 Å². The minimum absolute atomic E-state index is 0.0551. The first-order valence-corrected chi connectivity index (χ1v) is 15.1. The van der Waals surface area contributed by atoms with Gasteiger partial charge in [-0.15, -0.1) is 0 Å². The number of piperazine rings is 1. The van der Waals surface area contributed by atoms with E-state index in [4.69, 9.17) is 4.98 Å². The van der Waals surface area contributed by atoms with Gasteiger partial charge >= 0.3 is 0 Å². The maximum atomic E-state index is 14.0. The van der Waals surface area contributed by atoms with Gasteiger partial charge in [0, 0.05) is 108 Å². The molecule has 3 aliphatic rings. The summed E-state index contributed by atoms with van der Waals surface area (Å²) in [6, 6.07) is 9.11. The monoisotopic (exact) mass is 592 g/mol. The molecule has 228 valence electrons. The van der Waals surface area contributed by atoms with E-state index in [0.717, 1.165) is 48.2 Å². The van der Waals surface area contributed by atoms with E-state index in [2.05, 4.69) is 20.2 Å². The fourth-order valence-corrected chi connectivity index (χ4v) is 6.26. The first kappa shape index (κ1) is 29.2. The number of hydrogen-bond acceptors (Lipinski definition) is 8. The number of amides is 2. The molecule has 3 aromatic rings. The molecule has 6 rings (SSSR count). The van der Waals surface area contributed by atoms with Crippen molar-refractivity contribution in [2.24, 2.45) is 0 Å². The van der Waals surface area contributed by atoms with Gasteiger partial charge in [-0.05, 0) is 37.1 Å². The summed E-state index contributed by atoms with van der Waals surface area (Å²) in [5.74, 6) is -1.38. The van der Waals surface area contributed by atoms with Crippen LogP contribution in [-0.4, -0.2) is 101 Å². The Labute approximate surface area is 250 Å². The van der Waals surface area contributed by atoms with Crippen LogP contribution < -0.4 is 15.1 Å². The molecule has 12 heteroatoms. The standard InChI is InChI=1S/C31H38F2N8O2/c1-22(42)38-15-17-41(18-16-38)30-35-19-23(20-36-30)27(39-13-9-31(32,33)10-14-39)21-34-29(43)25-5-4-6-26-24(25)7-8-28(37-26)40-11-2-3-12-40/h4-8,19-20,27H,2-3,9-18,21H2,1H3,(H,34,43). The Morgan fingerprint density at radius 1 is 0.907 bits per heavy atom. The second-order valence-corrected chi connectivity index (χ2v) is 11.7. The summed E-state index contributed by atoms with van der Waals surface area (Å²) in [5.41, 5.74) is 2.05. The topological polar surface area (TPSA) is 97.8 Å². The summed E-state index contributed by atoms with van der Waals surface area (Å²) >= 11 is 0. The zero-order valence-electron chi connectivity index (χ0n) is 24.5. The van der Waals surface area contributed by atoms with Crippen LogP contribution in [-0.2, 0) is 4.79 Å². The van der Waals surface area contributed by atoms with E-state index in [9.17, 15) is 18.4 Å². The third kappa shape index (κ3) is 6.53. The van der Waals surface area contributed by atoms with Crippen molar-refractivity contribution < 1.29 is 18.4 Å². The van der Waals surface area contributed by atoms with Crippen molar-refractivity contribution in [1.82, 2.24) is 30.1 Å². The van der Waals surface area contributed by atoms with Crippen molar-refractivity contribution in [3.63, 3.8) is 0 Å². The quantitative estimate of drug-likeness (QED) is 0.446. The Balaban J connectivity index is 1.18. The summed E-state index contributed by atoms with van der Waals surface area (Å²) in [5, 5.41) is 3.83. The molecule has 0 radical (unpaired) electrons. The molecule has 10 nitrogen and oxygen atoms in total. The van der Waals surface area contributed by atoms with Crippen molar-refractivity contribution in [1.29, 1.82) is 0 Å². The number of benzene rings is 1. The fraction of sp³-hybridized carbons (Fsp3) is 0.516. The number of carbonyl (C=O) groups is 2. The van der Waals surface area contributed by atoms with Crippen LogP contribution in [0.4, 0.5) is 20.5 Å². The molecule has 1 atom stereocenters. The number of alkyl halides is 2. The molecule has 2 amide bonds. The van der Waals surface area contributed by atoms with Gasteiger partial charge in [0.1, 0.15) is 5.82 Å². The van der Waals surface area contributed by atoms with E-state index in [1.165, 1.54) is 0 Å². The normalized spacial score (nSPS) is 19.9. The average Bonchev–Trinajstić information content (AvgIpc) is 3.57. The molecule has 1 unspecified atom stereocenters. The largest absolute Gasteiger partial charge is 0.357 e. The van der Waals surface area contributed by atoms with Crippen LogP contribution in [0.15, 0.2) is 42.7 Å². The molecule has 2 aromatic heterocycles. The Hall–Kier alpha value is -3.93. The average molecular weight is 593 g/mol. The first-order chi connectivity index (χ1) is 20.8. The predicted octanol–water partition coefficient (Wildman–Crippen LogP) is 3.50. The van der Waals surface area contributed by atoms with Crippen molar-refractivity contribution in [2.45, 2.75) is 44.6 Å². The van der Waals surface area contributed by atoms with E-state index in [-0.39, 0.29) is 50.3 Å². The predicted molar refractivity (Wildman–Crippen MR) is 161 cm³/mol. The molecule has 5 heterocycles. The summed E-state index contributed by atoms with van der Waals surface area (Å²) in [6.07, 6.45) is 5.31. The zero-order chi connectivity index (χ0) is 30.0. The van der Waals surface area contributed by atoms with Crippen molar-refractivity contribution in [2.75, 3.05) is 68.7 Å². The van der Waals surface area contributed by atoms with Gasteiger partial charge in [-0.25, -0.2) is 23.7 Å². The molecular formula is C31H38F2N8O2. The minimum Gasteiger partial charge on any atom is -0.357 e. The molecule has 1 aromatic carbocycles. The van der Waals surface area contributed by atoms with Gasteiger partial charge in [-0.3, -0.25) is 14.5 Å². The van der Waals surface area contributed by atoms with Crippen LogP contribution in [0, 0.1) is 0 Å². The number of rotatable bonds is 7. The van der Waals surface area contributed by atoms with Crippen molar-refractivity contribution in [3.05, 3.63) is 53.9 Å². The number of pyridine rings is 1. The molecular weight excluding hydrogens is 554 g/mol. The van der Waals surface area contributed by atoms with Crippen LogP contribution in [0.1, 0.15) is 54.6 Å². The van der Waals surface area contributed by atoms with Crippen molar-refractivity contribution in [3.8, 4) is 0 Å². The van der Waals surface area contributed by atoms with E-state index >= 15 is 0 Å². The zero-order valence-corrected chi connectivity index (χ0v) is 24.5. The number of likely N-dealkylation sites (tertiary alicyclic amines) is 1. The molecule has 0 aliphatic carbocycles. The number of hydrogen-bond donors (Lipinski definition) is 1. The summed E-state index contributed by atoms with van der Waals surface area (Å²) in [6.45, 7) is 6.69. The highest BCUT2D eigenvalue weighted by Gasteiger charge is 2.37. The molecule has 0 saturated carbocycles. The van der Waals surface area contributed by atoms with Crippen molar-refractivity contribution >= 4 is 34.5 Å². The number of anilines is 2. The third-order valence-corrected chi connectivity index (χ3v) is 8.87. The maximum Gasteiger partial charge on any atom is 0.252 e. The Kier molecular flexibility index (Phi) is 8.38. The van der Waals surface area contributed by atoms with Gasteiger partial charge in [0.2, 0.25) is 11.9 Å². The molecule has 3 aliphatic heterocycles. The number of nitrogens with zero attached hydrogens (tertiary/aromatic N) is 7. The maximum absolute atomic E-state index is 14.0. The van der Waals surface area contributed by atoms with E-state index in [1.54, 1.807) is 30.3 Å². The lowest BCUT2D eigenvalue weighted by Crippen LogP contribution is -2.48. The smallest absolute Gasteiger partial charge is 0.252 e. The van der Waals surface area contributed by atoms with E-state index < -0.39 is 5.92 Å².